The summed E-state index contributed by atoms with van der Waals surface area (Å²) in [6.45, 7) is 4.69. The fourth-order valence-electron chi connectivity index (χ4n) is 3.87. The van der Waals surface area contributed by atoms with Gasteiger partial charge < -0.3 is 14.6 Å². The van der Waals surface area contributed by atoms with Crippen LogP contribution in [-0.2, 0) is 0 Å². The van der Waals surface area contributed by atoms with Gasteiger partial charge in [-0.1, -0.05) is 30.9 Å². The average molecular weight is 365 g/mol. The number of benzene rings is 1. The zero-order valence-electron chi connectivity index (χ0n) is 15.6. The van der Waals surface area contributed by atoms with E-state index in [0.717, 1.165) is 29.4 Å². The average Bonchev–Trinajstić information content (AvgIpc) is 2.90. The maximum absolute atomic E-state index is 12.7. The van der Waals surface area contributed by atoms with Crippen LogP contribution in [0.15, 0.2) is 22.6 Å². The maximum atomic E-state index is 12.7. The predicted octanol–water partition coefficient (Wildman–Crippen LogP) is 4.47. The van der Waals surface area contributed by atoms with Gasteiger partial charge in [-0.05, 0) is 52.9 Å². The quantitative estimate of drug-likeness (QED) is 0.870. The number of aryl methyl sites for hydroxylation is 2. The van der Waals surface area contributed by atoms with Gasteiger partial charge in [0.1, 0.15) is 5.58 Å². The number of furan rings is 1. The van der Waals surface area contributed by atoms with E-state index in [2.05, 4.69) is 37.3 Å². The first-order valence-electron chi connectivity index (χ1n) is 8.88. The Morgan fingerprint density at radius 2 is 1.88 bits per heavy atom. The van der Waals surface area contributed by atoms with Crippen molar-refractivity contribution < 1.29 is 9.21 Å². The lowest BCUT2D eigenvalue weighted by atomic mass is 9.80. The summed E-state index contributed by atoms with van der Waals surface area (Å²) in [6.07, 6.45) is 6.04. The number of carbonyl (C=O) groups excluding carboxylic acids is 1. The number of hydrogen-bond donors (Lipinski definition) is 1. The van der Waals surface area contributed by atoms with Gasteiger partial charge in [0, 0.05) is 23.0 Å². The molecule has 1 saturated carbocycles. The van der Waals surface area contributed by atoms with Crippen LogP contribution in [-0.4, -0.2) is 37.0 Å². The molecule has 1 amide bonds. The van der Waals surface area contributed by atoms with Crippen LogP contribution in [0.3, 0.4) is 0 Å². The molecule has 1 aliphatic rings. The summed E-state index contributed by atoms with van der Waals surface area (Å²) in [6, 6.07) is 6.03. The van der Waals surface area contributed by atoms with E-state index < -0.39 is 0 Å². The number of rotatable bonds is 4. The van der Waals surface area contributed by atoms with E-state index in [0.29, 0.717) is 12.3 Å². The summed E-state index contributed by atoms with van der Waals surface area (Å²) in [5, 5.41) is 4.16. The SMILES string of the molecule is Cc1ccc2oc(C(=O)NCC3(N(C)C)CCCCC3)c(C)c2c1.Cl. The Hall–Kier alpha value is -1.52. The molecule has 1 aromatic carbocycles. The molecule has 1 N–H and O–H groups in total. The van der Waals surface area contributed by atoms with Crippen LogP contribution in [0.1, 0.15) is 53.8 Å². The first kappa shape index (κ1) is 19.8. The van der Waals surface area contributed by atoms with Crippen LogP contribution in [0.2, 0.25) is 0 Å². The lowest BCUT2D eigenvalue weighted by molar-refractivity contribution is 0.0780. The van der Waals surface area contributed by atoms with E-state index in [9.17, 15) is 4.79 Å². The third-order valence-corrected chi connectivity index (χ3v) is 5.61. The van der Waals surface area contributed by atoms with Crippen molar-refractivity contribution in [3.8, 4) is 0 Å². The van der Waals surface area contributed by atoms with Crippen LogP contribution in [0, 0.1) is 13.8 Å². The second-order valence-electron chi connectivity index (χ2n) is 7.42. The zero-order valence-corrected chi connectivity index (χ0v) is 16.5. The summed E-state index contributed by atoms with van der Waals surface area (Å²) in [5.41, 5.74) is 2.95. The Kier molecular flexibility index (Phi) is 6.17. The van der Waals surface area contributed by atoms with Crippen molar-refractivity contribution in [1.82, 2.24) is 10.2 Å². The Labute approximate surface area is 156 Å². The molecule has 5 heteroatoms. The van der Waals surface area contributed by atoms with Crippen LogP contribution in [0.4, 0.5) is 0 Å². The number of nitrogens with zero attached hydrogens (tertiary/aromatic N) is 1. The Morgan fingerprint density at radius 3 is 2.52 bits per heavy atom. The molecule has 0 unspecified atom stereocenters. The molecule has 1 fully saturated rings. The van der Waals surface area contributed by atoms with Gasteiger partial charge in [0.2, 0.25) is 0 Å². The molecule has 1 aromatic heterocycles. The van der Waals surface area contributed by atoms with Gasteiger partial charge in [0.05, 0.1) is 0 Å². The van der Waals surface area contributed by atoms with Gasteiger partial charge in [0.15, 0.2) is 5.76 Å². The molecule has 138 valence electrons. The molecule has 0 bridgehead atoms. The molecule has 0 aliphatic heterocycles. The molecule has 0 spiro atoms. The molecular weight excluding hydrogens is 336 g/mol. The first-order valence-corrected chi connectivity index (χ1v) is 8.88. The highest BCUT2D eigenvalue weighted by Crippen LogP contribution is 2.32. The maximum Gasteiger partial charge on any atom is 0.287 e. The highest BCUT2D eigenvalue weighted by Gasteiger charge is 2.34. The van der Waals surface area contributed by atoms with Crippen molar-refractivity contribution >= 4 is 29.3 Å². The van der Waals surface area contributed by atoms with E-state index in [1.165, 1.54) is 24.8 Å². The minimum absolute atomic E-state index is 0. The minimum atomic E-state index is -0.104. The van der Waals surface area contributed by atoms with Gasteiger partial charge in [-0.25, -0.2) is 0 Å². The molecule has 0 atom stereocenters. The molecule has 3 rings (SSSR count). The summed E-state index contributed by atoms with van der Waals surface area (Å²) in [5.74, 6) is 0.341. The highest BCUT2D eigenvalue weighted by atomic mass is 35.5. The summed E-state index contributed by atoms with van der Waals surface area (Å²) in [7, 11) is 4.24. The second-order valence-corrected chi connectivity index (χ2v) is 7.42. The topological polar surface area (TPSA) is 45.5 Å². The van der Waals surface area contributed by atoms with Crippen molar-refractivity contribution in [3.05, 3.63) is 35.1 Å². The number of fused-ring (bicyclic) bond motifs is 1. The van der Waals surface area contributed by atoms with E-state index in [1.807, 2.05) is 19.1 Å². The summed E-state index contributed by atoms with van der Waals surface area (Å²) in [4.78, 5) is 15.0. The second kappa shape index (κ2) is 7.79. The van der Waals surface area contributed by atoms with Crippen molar-refractivity contribution in [1.29, 1.82) is 0 Å². The van der Waals surface area contributed by atoms with E-state index in [-0.39, 0.29) is 23.9 Å². The van der Waals surface area contributed by atoms with Gasteiger partial charge in [0.25, 0.3) is 5.91 Å². The third-order valence-electron chi connectivity index (χ3n) is 5.61. The van der Waals surface area contributed by atoms with Crippen molar-refractivity contribution in [2.45, 2.75) is 51.5 Å². The molecule has 2 aromatic rings. The molecule has 1 heterocycles. The monoisotopic (exact) mass is 364 g/mol. The van der Waals surface area contributed by atoms with Crippen LogP contribution in [0.25, 0.3) is 11.0 Å². The number of likely N-dealkylation sites (N-methyl/N-ethyl adjacent to an activating group) is 1. The fourth-order valence-corrected chi connectivity index (χ4v) is 3.87. The molecule has 25 heavy (non-hydrogen) atoms. The standard InChI is InChI=1S/C20H28N2O2.ClH/c1-14-8-9-17-16(12-14)15(2)18(24-17)19(23)21-13-20(22(3)4)10-6-5-7-11-20;/h8-9,12H,5-7,10-11,13H2,1-4H3,(H,21,23);1H. The van der Waals surface area contributed by atoms with Gasteiger partial charge in [-0.3, -0.25) is 4.79 Å². The lowest BCUT2D eigenvalue weighted by Crippen LogP contribution is -2.53. The number of halogens is 1. The molecule has 4 nitrogen and oxygen atoms in total. The van der Waals surface area contributed by atoms with Crippen molar-refractivity contribution in [3.63, 3.8) is 0 Å². The molecule has 0 saturated heterocycles. The third kappa shape index (κ3) is 3.85. The Morgan fingerprint density at radius 1 is 1.20 bits per heavy atom. The number of hydrogen-bond acceptors (Lipinski definition) is 3. The normalized spacial score (nSPS) is 16.7. The zero-order chi connectivity index (χ0) is 17.3. The van der Waals surface area contributed by atoms with Gasteiger partial charge in [-0.15, -0.1) is 12.4 Å². The predicted molar refractivity (Wildman–Crippen MR) is 105 cm³/mol. The lowest BCUT2D eigenvalue weighted by Gasteiger charge is -2.43. The number of amides is 1. The number of carbonyl (C=O) groups is 1. The fraction of sp³-hybridized carbons (Fsp3) is 0.550. The van der Waals surface area contributed by atoms with Gasteiger partial charge in [-0.2, -0.15) is 0 Å². The molecule has 1 aliphatic carbocycles. The van der Waals surface area contributed by atoms with Crippen LogP contribution in [0.5, 0.6) is 0 Å². The van der Waals surface area contributed by atoms with Crippen molar-refractivity contribution in [2.24, 2.45) is 0 Å². The Balaban J connectivity index is 0.00000225. The minimum Gasteiger partial charge on any atom is -0.451 e. The first-order chi connectivity index (χ1) is 11.4. The van der Waals surface area contributed by atoms with E-state index in [4.69, 9.17) is 4.42 Å². The van der Waals surface area contributed by atoms with Crippen molar-refractivity contribution in [2.75, 3.05) is 20.6 Å². The summed E-state index contributed by atoms with van der Waals surface area (Å²) >= 11 is 0. The van der Waals surface area contributed by atoms with E-state index >= 15 is 0 Å². The summed E-state index contributed by atoms with van der Waals surface area (Å²) < 4.78 is 5.82. The van der Waals surface area contributed by atoms with E-state index in [1.54, 1.807) is 0 Å². The molecular formula is C20H29ClN2O2. The van der Waals surface area contributed by atoms with Crippen LogP contribution < -0.4 is 5.32 Å². The largest absolute Gasteiger partial charge is 0.451 e. The van der Waals surface area contributed by atoms with Crippen LogP contribution >= 0.6 is 12.4 Å². The highest BCUT2D eigenvalue weighted by molar-refractivity contribution is 5.99. The smallest absolute Gasteiger partial charge is 0.287 e. The molecule has 0 radical (unpaired) electrons. The van der Waals surface area contributed by atoms with Gasteiger partial charge >= 0.3 is 0 Å². The Bertz CT molecular complexity index is 745. The number of nitrogens with one attached hydrogen (secondary N) is 1.